The van der Waals surface area contributed by atoms with Crippen molar-refractivity contribution < 1.29 is 0 Å². The fourth-order valence-corrected chi connectivity index (χ4v) is 1.10. The molecule has 0 unspecified atom stereocenters. The summed E-state index contributed by atoms with van der Waals surface area (Å²) < 4.78 is 0. The van der Waals surface area contributed by atoms with Crippen molar-refractivity contribution in [3.63, 3.8) is 0 Å². The molecule has 17 heavy (non-hydrogen) atoms. The van der Waals surface area contributed by atoms with E-state index in [2.05, 4.69) is 30.2 Å². The lowest BCUT2D eigenvalue weighted by Gasteiger charge is -2.13. The fraction of sp³-hybridized carbons (Fsp3) is 0.429. The minimum absolute atomic E-state index is 0.732. The minimum atomic E-state index is 0.732. The highest BCUT2D eigenvalue weighted by atomic mass is 15.4. The van der Waals surface area contributed by atoms with Gasteiger partial charge < -0.3 is 0 Å². The van der Waals surface area contributed by atoms with Crippen molar-refractivity contribution in [2.75, 3.05) is 13.1 Å². The third-order valence-corrected chi connectivity index (χ3v) is 2.06. The van der Waals surface area contributed by atoms with Gasteiger partial charge in [0, 0.05) is 25.2 Å². The van der Waals surface area contributed by atoms with E-state index in [4.69, 9.17) is 0 Å². The van der Waals surface area contributed by atoms with Crippen LogP contribution < -0.4 is 0 Å². The second kappa shape index (κ2) is 12.4. The molecule has 0 atom stereocenters. The molecule has 0 aromatic carbocycles. The van der Waals surface area contributed by atoms with E-state index in [1.54, 1.807) is 18.4 Å². The number of aliphatic imine (C=N–C) groups is 1. The van der Waals surface area contributed by atoms with E-state index >= 15 is 0 Å². The molecule has 0 amide bonds. The van der Waals surface area contributed by atoms with Gasteiger partial charge in [0.15, 0.2) is 0 Å². The first-order valence-corrected chi connectivity index (χ1v) is 6.02. The van der Waals surface area contributed by atoms with Gasteiger partial charge in [-0.05, 0) is 32.3 Å². The summed E-state index contributed by atoms with van der Waals surface area (Å²) in [4.78, 5) is 4.10. The third-order valence-electron chi connectivity index (χ3n) is 2.06. The van der Waals surface area contributed by atoms with Crippen LogP contribution in [0.3, 0.4) is 0 Å². The predicted octanol–water partition coefficient (Wildman–Crippen LogP) is 3.42. The van der Waals surface area contributed by atoms with Crippen LogP contribution in [0.2, 0.25) is 0 Å². The summed E-state index contributed by atoms with van der Waals surface area (Å²) in [5, 5.41) is 6.34. The van der Waals surface area contributed by atoms with Crippen molar-refractivity contribution >= 4 is 12.4 Å². The normalized spacial score (nSPS) is 11.6. The number of unbranched alkanes of at least 4 members (excludes halogenated alkanes) is 2. The average Bonchev–Trinajstić information content (AvgIpc) is 2.36. The first-order chi connectivity index (χ1) is 8.35. The van der Waals surface area contributed by atoms with Crippen LogP contribution in [-0.4, -0.2) is 30.5 Å². The molecule has 0 fully saturated rings. The molecule has 0 aliphatic carbocycles. The van der Waals surface area contributed by atoms with Gasteiger partial charge in [0.1, 0.15) is 0 Å². The van der Waals surface area contributed by atoms with E-state index in [-0.39, 0.29) is 0 Å². The number of rotatable bonds is 10. The van der Waals surface area contributed by atoms with Crippen LogP contribution in [0.15, 0.2) is 47.7 Å². The maximum absolute atomic E-state index is 4.37. The Bertz CT molecular complexity index is 277. The van der Waals surface area contributed by atoms with Gasteiger partial charge >= 0.3 is 0 Å². The molecule has 0 bridgehead atoms. The molecule has 3 nitrogen and oxygen atoms in total. The van der Waals surface area contributed by atoms with Crippen LogP contribution in [0, 0.1) is 0 Å². The second-order valence-electron chi connectivity index (χ2n) is 3.43. The van der Waals surface area contributed by atoms with Crippen molar-refractivity contribution in [3.05, 3.63) is 37.6 Å². The zero-order valence-electron chi connectivity index (χ0n) is 10.8. The van der Waals surface area contributed by atoms with E-state index < -0.39 is 0 Å². The van der Waals surface area contributed by atoms with Crippen molar-refractivity contribution in [2.45, 2.75) is 26.2 Å². The number of nitrogens with zero attached hydrogens (tertiary/aromatic N) is 3. The first-order valence-electron chi connectivity index (χ1n) is 6.02. The molecular formula is C14H23N3. The van der Waals surface area contributed by atoms with Gasteiger partial charge in [-0.1, -0.05) is 18.7 Å². The minimum Gasteiger partial charge on any atom is -0.292 e. The molecule has 0 aromatic rings. The van der Waals surface area contributed by atoms with E-state index in [0.717, 1.165) is 32.4 Å². The van der Waals surface area contributed by atoms with Crippen LogP contribution in [-0.2, 0) is 0 Å². The van der Waals surface area contributed by atoms with E-state index in [1.165, 1.54) is 0 Å². The van der Waals surface area contributed by atoms with Crippen LogP contribution in [0.1, 0.15) is 26.2 Å². The topological polar surface area (TPSA) is 28.0 Å². The Balaban J connectivity index is 3.82. The largest absolute Gasteiger partial charge is 0.292 e. The van der Waals surface area contributed by atoms with Crippen molar-refractivity contribution in [1.29, 1.82) is 0 Å². The van der Waals surface area contributed by atoms with Crippen LogP contribution in [0.5, 0.6) is 0 Å². The zero-order valence-corrected chi connectivity index (χ0v) is 10.8. The molecule has 0 radical (unpaired) electrons. The molecule has 3 heteroatoms. The molecule has 0 rings (SSSR count). The summed E-state index contributed by atoms with van der Waals surface area (Å²) in [5.41, 5.74) is 0. The molecule has 0 spiro atoms. The summed E-state index contributed by atoms with van der Waals surface area (Å²) in [6.45, 7) is 11.0. The van der Waals surface area contributed by atoms with Crippen molar-refractivity contribution in [2.24, 2.45) is 10.1 Å². The SMILES string of the molecule is C=C/C=C\N=CCN(CC)/N=C\CCCC=C. The van der Waals surface area contributed by atoms with Crippen LogP contribution in [0.25, 0.3) is 0 Å². The van der Waals surface area contributed by atoms with Gasteiger partial charge in [-0.25, -0.2) is 0 Å². The second-order valence-corrected chi connectivity index (χ2v) is 3.43. The predicted molar refractivity (Wildman–Crippen MR) is 77.6 cm³/mol. The van der Waals surface area contributed by atoms with E-state index in [0.29, 0.717) is 0 Å². The van der Waals surface area contributed by atoms with Crippen molar-refractivity contribution in [3.8, 4) is 0 Å². The molecule has 0 saturated carbocycles. The lowest BCUT2D eigenvalue weighted by atomic mass is 10.2. The molecule has 0 N–H and O–H groups in total. The van der Waals surface area contributed by atoms with Gasteiger partial charge in [0.05, 0.1) is 6.54 Å². The monoisotopic (exact) mass is 233 g/mol. The Labute approximate surface area is 105 Å². The third kappa shape index (κ3) is 10.6. The number of allylic oxidation sites excluding steroid dienone is 3. The highest BCUT2D eigenvalue weighted by Gasteiger charge is 1.92. The Morgan fingerprint density at radius 1 is 1.18 bits per heavy atom. The molecule has 0 aliphatic heterocycles. The first kappa shape index (κ1) is 15.4. The molecule has 0 heterocycles. The molecule has 0 aliphatic rings. The number of hydrogen-bond donors (Lipinski definition) is 0. The summed E-state index contributed by atoms with van der Waals surface area (Å²) in [6, 6.07) is 0. The van der Waals surface area contributed by atoms with E-state index in [1.807, 2.05) is 23.5 Å². The summed E-state index contributed by atoms with van der Waals surface area (Å²) in [6.07, 6.45) is 14.1. The maximum atomic E-state index is 4.37. The number of hydrazone groups is 1. The van der Waals surface area contributed by atoms with Crippen molar-refractivity contribution in [1.82, 2.24) is 5.01 Å². The van der Waals surface area contributed by atoms with E-state index in [9.17, 15) is 0 Å². The van der Waals surface area contributed by atoms with Crippen LogP contribution >= 0.6 is 0 Å². The smallest absolute Gasteiger partial charge is 0.0712 e. The van der Waals surface area contributed by atoms with Gasteiger partial charge in [0.2, 0.25) is 0 Å². The van der Waals surface area contributed by atoms with Crippen LogP contribution in [0.4, 0.5) is 0 Å². The zero-order chi connectivity index (χ0) is 12.8. The standard InChI is InChI=1S/C14H23N3/c1-4-7-9-10-12-16-17(6-3)14-13-15-11-8-5-2/h4-5,8,11-13H,1-2,6-7,9-10,14H2,3H3/b11-8-,15-13?,16-12-. The summed E-state index contributed by atoms with van der Waals surface area (Å²) >= 11 is 0. The molecule has 0 aromatic heterocycles. The molecule has 94 valence electrons. The lowest BCUT2D eigenvalue weighted by molar-refractivity contribution is 0.352. The van der Waals surface area contributed by atoms with Gasteiger partial charge in [-0.2, -0.15) is 5.10 Å². The Morgan fingerprint density at radius 2 is 2.00 bits per heavy atom. The maximum Gasteiger partial charge on any atom is 0.0712 e. The summed E-state index contributed by atoms with van der Waals surface area (Å²) in [5.74, 6) is 0. The lowest BCUT2D eigenvalue weighted by Crippen LogP contribution is -2.19. The fourth-order valence-electron chi connectivity index (χ4n) is 1.10. The highest BCUT2D eigenvalue weighted by molar-refractivity contribution is 5.61. The van der Waals surface area contributed by atoms with Gasteiger partial charge in [0.25, 0.3) is 0 Å². The number of hydrogen-bond acceptors (Lipinski definition) is 3. The average molecular weight is 233 g/mol. The Morgan fingerprint density at radius 3 is 2.65 bits per heavy atom. The van der Waals surface area contributed by atoms with Gasteiger partial charge in [-0.15, -0.1) is 6.58 Å². The molecule has 0 saturated heterocycles. The summed E-state index contributed by atoms with van der Waals surface area (Å²) in [7, 11) is 0. The quantitative estimate of drug-likeness (QED) is 0.187. The van der Waals surface area contributed by atoms with Gasteiger partial charge in [-0.3, -0.25) is 10.0 Å². The molecular weight excluding hydrogens is 210 g/mol. The highest BCUT2D eigenvalue weighted by Crippen LogP contribution is 1.94. The Kier molecular flexibility index (Phi) is 11.2. The Hall–Kier alpha value is -1.64.